The standard InChI is InChI=1S/C23H22N4O5S/c1-17-12-13-20(14-18(17)2)26(33(31,32)21-9-4-3-5-10-21)16-23(28)25-24-15-19-8-6-7-11-22(19)27(29)30/h3-15H,16H2,1-2H3,(H,25,28)/b24-15-. The van der Waals surface area contributed by atoms with Crippen LogP contribution in [-0.2, 0) is 14.8 Å². The monoisotopic (exact) mass is 466 g/mol. The highest BCUT2D eigenvalue weighted by atomic mass is 32.2. The third kappa shape index (κ3) is 5.60. The predicted molar refractivity (Wildman–Crippen MR) is 126 cm³/mol. The Morgan fingerprint density at radius 3 is 2.36 bits per heavy atom. The zero-order valence-electron chi connectivity index (χ0n) is 18.0. The Bertz CT molecular complexity index is 1310. The third-order valence-electron chi connectivity index (χ3n) is 4.92. The van der Waals surface area contributed by atoms with Crippen molar-refractivity contribution in [3.63, 3.8) is 0 Å². The van der Waals surface area contributed by atoms with E-state index >= 15 is 0 Å². The first kappa shape index (κ1) is 23.6. The molecule has 0 saturated carbocycles. The van der Waals surface area contributed by atoms with Gasteiger partial charge in [0, 0.05) is 6.07 Å². The van der Waals surface area contributed by atoms with Crippen molar-refractivity contribution in [2.45, 2.75) is 18.7 Å². The lowest BCUT2D eigenvalue weighted by Crippen LogP contribution is -2.39. The van der Waals surface area contributed by atoms with Crippen LogP contribution in [0.4, 0.5) is 11.4 Å². The van der Waals surface area contributed by atoms with E-state index in [9.17, 15) is 23.3 Å². The number of amides is 1. The molecular formula is C23H22N4O5S. The minimum Gasteiger partial charge on any atom is -0.271 e. The summed E-state index contributed by atoms with van der Waals surface area (Å²) >= 11 is 0. The van der Waals surface area contributed by atoms with Crippen LogP contribution in [0.25, 0.3) is 0 Å². The number of hydrogen-bond acceptors (Lipinski definition) is 6. The molecule has 0 atom stereocenters. The van der Waals surface area contributed by atoms with Gasteiger partial charge < -0.3 is 0 Å². The molecular weight excluding hydrogens is 444 g/mol. The number of nitrogens with one attached hydrogen (secondary N) is 1. The van der Waals surface area contributed by atoms with Crippen molar-refractivity contribution in [2.24, 2.45) is 5.10 Å². The first-order valence-electron chi connectivity index (χ1n) is 9.90. The molecule has 0 spiro atoms. The van der Waals surface area contributed by atoms with Gasteiger partial charge >= 0.3 is 0 Å². The number of benzene rings is 3. The van der Waals surface area contributed by atoms with Crippen molar-refractivity contribution in [3.05, 3.63) is 99.6 Å². The van der Waals surface area contributed by atoms with Crippen LogP contribution in [0.2, 0.25) is 0 Å². The number of hydrazone groups is 1. The Labute approximate surface area is 191 Å². The lowest BCUT2D eigenvalue weighted by Gasteiger charge is -2.24. The molecule has 0 fully saturated rings. The second-order valence-electron chi connectivity index (χ2n) is 7.20. The molecule has 3 aromatic carbocycles. The van der Waals surface area contributed by atoms with Crippen LogP contribution < -0.4 is 9.73 Å². The lowest BCUT2D eigenvalue weighted by molar-refractivity contribution is -0.385. The van der Waals surface area contributed by atoms with Gasteiger partial charge in [-0.25, -0.2) is 13.8 Å². The van der Waals surface area contributed by atoms with E-state index in [1.807, 2.05) is 13.8 Å². The van der Waals surface area contributed by atoms with Crippen LogP contribution in [-0.4, -0.2) is 32.0 Å². The van der Waals surface area contributed by atoms with E-state index in [-0.39, 0.29) is 16.1 Å². The summed E-state index contributed by atoms with van der Waals surface area (Å²) in [5, 5.41) is 14.9. The molecule has 0 aromatic heterocycles. The summed E-state index contributed by atoms with van der Waals surface area (Å²) in [5.41, 5.74) is 4.47. The Kier molecular flexibility index (Phi) is 7.19. The van der Waals surface area contributed by atoms with E-state index in [1.165, 1.54) is 30.3 Å². The topological polar surface area (TPSA) is 122 Å². The molecule has 0 radical (unpaired) electrons. The average molecular weight is 467 g/mol. The maximum absolute atomic E-state index is 13.3. The minimum atomic E-state index is -4.04. The summed E-state index contributed by atoms with van der Waals surface area (Å²) in [4.78, 5) is 23.2. The third-order valence-corrected chi connectivity index (χ3v) is 6.71. The SMILES string of the molecule is Cc1ccc(N(CC(=O)N/N=C\c2ccccc2[N+](=O)[O-])S(=O)(=O)c2ccccc2)cc1C. The van der Waals surface area contributed by atoms with Gasteiger partial charge in [0.05, 0.1) is 27.3 Å². The molecule has 3 rings (SSSR count). The number of anilines is 1. The number of sulfonamides is 1. The summed E-state index contributed by atoms with van der Waals surface area (Å²) in [7, 11) is -4.04. The fourth-order valence-electron chi connectivity index (χ4n) is 3.02. The van der Waals surface area contributed by atoms with Crippen LogP contribution in [0.15, 0.2) is 82.8 Å². The van der Waals surface area contributed by atoms with E-state index in [0.717, 1.165) is 21.6 Å². The molecule has 9 nitrogen and oxygen atoms in total. The first-order chi connectivity index (χ1) is 15.7. The lowest BCUT2D eigenvalue weighted by atomic mass is 10.1. The zero-order chi connectivity index (χ0) is 24.0. The van der Waals surface area contributed by atoms with Crippen LogP contribution in [0.3, 0.4) is 0 Å². The summed E-state index contributed by atoms with van der Waals surface area (Å²) in [6.45, 7) is 3.22. The van der Waals surface area contributed by atoms with E-state index in [2.05, 4.69) is 10.5 Å². The predicted octanol–water partition coefficient (Wildman–Crippen LogP) is 3.56. The summed E-state index contributed by atoms with van der Waals surface area (Å²) in [6.07, 6.45) is 1.14. The zero-order valence-corrected chi connectivity index (χ0v) is 18.8. The number of nitrogens with zero attached hydrogens (tertiary/aromatic N) is 3. The molecule has 0 bridgehead atoms. The Morgan fingerprint density at radius 2 is 1.70 bits per heavy atom. The first-order valence-corrected chi connectivity index (χ1v) is 11.3. The molecule has 170 valence electrons. The largest absolute Gasteiger partial charge is 0.278 e. The van der Waals surface area contributed by atoms with Gasteiger partial charge in [-0.2, -0.15) is 5.10 Å². The number of rotatable bonds is 8. The van der Waals surface area contributed by atoms with Crippen LogP contribution in [0.1, 0.15) is 16.7 Å². The molecule has 0 aliphatic rings. The van der Waals surface area contributed by atoms with Crippen molar-refractivity contribution in [2.75, 3.05) is 10.8 Å². The molecule has 0 heterocycles. The number of nitro groups is 1. The number of nitro benzene ring substituents is 1. The van der Waals surface area contributed by atoms with Gasteiger partial charge in [-0.1, -0.05) is 36.4 Å². The van der Waals surface area contributed by atoms with E-state index in [0.29, 0.717) is 5.69 Å². The van der Waals surface area contributed by atoms with Crippen LogP contribution in [0.5, 0.6) is 0 Å². The second kappa shape index (κ2) is 10.0. The average Bonchev–Trinajstić information content (AvgIpc) is 2.80. The van der Waals surface area contributed by atoms with E-state index < -0.39 is 27.4 Å². The fraction of sp³-hybridized carbons (Fsp3) is 0.130. The number of carbonyl (C=O) groups excluding carboxylic acids is 1. The Balaban J connectivity index is 1.87. The molecule has 0 aliphatic carbocycles. The van der Waals surface area contributed by atoms with Gasteiger partial charge in [-0.05, 0) is 55.3 Å². The molecule has 0 unspecified atom stereocenters. The molecule has 1 amide bonds. The van der Waals surface area contributed by atoms with Crippen molar-refractivity contribution in [3.8, 4) is 0 Å². The van der Waals surface area contributed by atoms with Crippen molar-refractivity contribution >= 4 is 33.5 Å². The van der Waals surface area contributed by atoms with E-state index in [1.54, 1.807) is 42.5 Å². The minimum absolute atomic E-state index is 0.0411. The molecule has 1 N–H and O–H groups in total. The highest BCUT2D eigenvalue weighted by molar-refractivity contribution is 7.92. The number of hydrogen-bond donors (Lipinski definition) is 1. The number of carbonyl (C=O) groups is 1. The molecule has 0 aliphatic heterocycles. The number of para-hydroxylation sites is 1. The van der Waals surface area contributed by atoms with Crippen molar-refractivity contribution < 1.29 is 18.1 Å². The highest BCUT2D eigenvalue weighted by Gasteiger charge is 2.27. The quantitative estimate of drug-likeness (QED) is 0.309. The smallest absolute Gasteiger partial charge is 0.271 e. The van der Waals surface area contributed by atoms with Gasteiger partial charge in [0.15, 0.2) is 0 Å². The molecule has 3 aromatic rings. The summed E-state index contributed by atoms with van der Waals surface area (Å²) in [5.74, 6) is -0.706. The van der Waals surface area contributed by atoms with E-state index in [4.69, 9.17) is 0 Å². The van der Waals surface area contributed by atoms with Gasteiger partial charge in [0.2, 0.25) is 0 Å². The fourth-order valence-corrected chi connectivity index (χ4v) is 4.45. The molecule has 0 saturated heterocycles. The molecule has 10 heteroatoms. The second-order valence-corrected chi connectivity index (χ2v) is 9.06. The summed E-state index contributed by atoms with van der Waals surface area (Å²) in [6, 6.07) is 18.8. The Morgan fingerprint density at radius 1 is 1.03 bits per heavy atom. The van der Waals surface area contributed by atoms with Crippen LogP contribution in [0, 0.1) is 24.0 Å². The summed E-state index contributed by atoms with van der Waals surface area (Å²) < 4.78 is 27.6. The normalized spacial score (nSPS) is 11.3. The van der Waals surface area contributed by atoms with Crippen LogP contribution >= 0.6 is 0 Å². The maximum Gasteiger partial charge on any atom is 0.278 e. The van der Waals surface area contributed by atoms with Crippen molar-refractivity contribution in [1.29, 1.82) is 0 Å². The van der Waals surface area contributed by atoms with Crippen molar-refractivity contribution in [1.82, 2.24) is 5.43 Å². The van der Waals surface area contributed by atoms with Gasteiger partial charge in [0.25, 0.3) is 21.6 Å². The van der Waals surface area contributed by atoms with Gasteiger partial charge in [0.1, 0.15) is 6.54 Å². The van der Waals surface area contributed by atoms with Gasteiger partial charge in [-0.15, -0.1) is 0 Å². The Hall–Kier alpha value is -4.05. The number of aryl methyl sites for hydroxylation is 2. The highest BCUT2D eigenvalue weighted by Crippen LogP contribution is 2.25. The molecule has 33 heavy (non-hydrogen) atoms. The maximum atomic E-state index is 13.3. The van der Waals surface area contributed by atoms with Gasteiger partial charge in [-0.3, -0.25) is 19.2 Å².